The Kier molecular flexibility index (Phi) is 3.52. The van der Waals surface area contributed by atoms with Gasteiger partial charge in [-0.15, -0.1) is 11.3 Å². The Morgan fingerprint density at radius 3 is 2.42 bits per heavy atom. The molecular formula is C16H23NOS. The van der Waals surface area contributed by atoms with Gasteiger partial charge in [0.25, 0.3) is 0 Å². The van der Waals surface area contributed by atoms with Crippen LogP contribution < -0.4 is 0 Å². The molecule has 2 saturated heterocycles. The van der Waals surface area contributed by atoms with Gasteiger partial charge in [-0.05, 0) is 45.2 Å². The molecule has 2 fully saturated rings. The van der Waals surface area contributed by atoms with E-state index in [1.165, 1.54) is 34.6 Å². The number of hydrogen-bond donors (Lipinski definition) is 0. The fraction of sp³-hybridized carbons (Fsp3) is 0.688. The average molecular weight is 277 g/mol. The van der Waals surface area contributed by atoms with Crippen LogP contribution in [0.2, 0.25) is 0 Å². The molecule has 0 N–H and O–H groups in total. The van der Waals surface area contributed by atoms with Gasteiger partial charge in [-0.2, -0.15) is 0 Å². The molecule has 1 aromatic rings. The van der Waals surface area contributed by atoms with Crippen molar-refractivity contribution in [2.24, 2.45) is 0 Å². The van der Waals surface area contributed by atoms with E-state index in [1.807, 2.05) is 11.3 Å². The van der Waals surface area contributed by atoms with Crippen LogP contribution in [0.1, 0.15) is 60.4 Å². The summed E-state index contributed by atoms with van der Waals surface area (Å²) in [6, 6.07) is 3.80. The Morgan fingerprint density at radius 1 is 1.26 bits per heavy atom. The Hall–Kier alpha value is -0.670. The van der Waals surface area contributed by atoms with E-state index in [0.717, 1.165) is 12.8 Å². The highest BCUT2D eigenvalue weighted by molar-refractivity contribution is 7.12. The van der Waals surface area contributed by atoms with E-state index in [-0.39, 0.29) is 0 Å². The first-order valence-corrected chi connectivity index (χ1v) is 8.24. The molecule has 3 atom stereocenters. The van der Waals surface area contributed by atoms with Gasteiger partial charge in [0.1, 0.15) is 5.78 Å². The second-order valence-electron chi connectivity index (χ2n) is 6.18. The van der Waals surface area contributed by atoms with E-state index in [0.29, 0.717) is 23.9 Å². The van der Waals surface area contributed by atoms with E-state index in [4.69, 9.17) is 0 Å². The summed E-state index contributed by atoms with van der Waals surface area (Å²) in [5, 5.41) is 0. The van der Waals surface area contributed by atoms with E-state index < -0.39 is 0 Å². The van der Waals surface area contributed by atoms with Gasteiger partial charge in [0.05, 0.1) is 0 Å². The Labute approximate surface area is 119 Å². The standard InChI is InChI=1S/C16H23NOS/c1-10-7-16(12(3)19-10)11(2)17-13-5-4-6-14(17)9-15(18)8-13/h7,11,13-14H,4-6,8-9H2,1-3H3. The van der Waals surface area contributed by atoms with Crippen LogP contribution in [0.15, 0.2) is 6.07 Å². The smallest absolute Gasteiger partial charge is 0.136 e. The molecule has 0 amide bonds. The number of aryl methyl sites for hydroxylation is 2. The maximum absolute atomic E-state index is 11.8. The first-order chi connectivity index (χ1) is 9.06. The summed E-state index contributed by atoms with van der Waals surface area (Å²) in [4.78, 5) is 17.3. The molecular weight excluding hydrogens is 254 g/mol. The number of carbonyl (C=O) groups is 1. The van der Waals surface area contributed by atoms with Crippen LogP contribution in [0.5, 0.6) is 0 Å². The molecule has 3 heterocycles. The van der Waals surface area contributed by atoms with Crippen molar-refractivity contribution in [1.82, 2.24) is 4.90 Å². The molecule has 2 aliphatic heterocycles. The van der Waals surface area contributed by atoms with Crippen LogP contribution in [0.25, 0.3) is 0 Å². The number of ketones is 1. The van der Waals surface area contributed by atoms with Crippen LogP contribution in [0, 0.1) is 13.8 Å². The fourth-order valence-electron chi connectivity index (χ4n) is 4.07. The lowest BCUT2D eigenvalue weighted by atomic mass is 9.82. The summed E-state index contributed by atoms with van der Waals surface area (Å²) >= 11 is 1.90. The minimum atomic E-state index is 0.466. The molecule has 2 nitrogen and oxygen atoms in total. The fourth-order valence-corrected chi connectivity index (χ4v) is 5.08. The SMILES string of the molecule is Cc1cc(C(C)N2C3CCCC2CC(=O)C3)c(C)s1. The number of fused-ring (bicyclic) bond motifs is 2. The molecule has 104 valence electrons. The first-order valence-electron chi connectivity index (χ1n) is 7.42. The summed E-state index contributed by atoms with van der Waals surface area (Å²) in [5.74, 6) is 0.483. The molecule has 0 radical (unpaired) electrons. The second-order valence-corrected chi connectivity index (χ2v) is 7.64. The van der Waals surface area contributed by atoms with Gasteiger partial charge in [-0.1, -0.05) is 6.42 Å². The normalized spacial score (nSPS) is 29.5. The summed E-state index contributed by atoms with van der Waals surface area (Å²) < 4.78 is 0. The minimum absolute atomic E-state index is 0.466. The lowest BCUT2D eigenvalue weighted by molar-refractivity contribution is -0.128. The van der Waals surface area contributed by atoms with Crippen LogP contribution >= 0.6 is 11.3 Å². The van der Waals surface area contributed by atoms with E-state index in [9.17, 15) is 4.79 Å². The zero-order valence-electron chi connectivity index (χ0n) is 12.1. The molecule has 3 unspecified atom stereocenters. The quantitative estimate of drug-likeness (QED) is 0.814. The predicted molar refractivity (Wildman–Crippen MR) is 79.7 cm³/mol. The highest BCUT2D eigenvalue weighted by atomic mass is 32.1. The van der Waals surface area contributed by atoms with Crippen LogP contribution in [0.3, 0.4) is 0 Å². The number of hydrogen-bond acceptors (Lipinski definition) is 3. The first kappa shape index (κ1) is 13.3. The topological polar surface area (TPSA) is 20.3 Å². The number of piperidine rings is 2. The lowest BCUT2D eigenvalue weighted by Gasteiger charge is -2.48. The summed E-state index contributed by atoms with van der Waals surface area (Å²) in [7, 11) is 0. The predicted octanol–water partition coefficient (Wildman–Crippen LogP) is 4.01. The maximum Gasteiger partial charge on any atom is 0.136 e. The minimum Gasteiger partial charge on any atom is -0.300 e. The molecule has 3 heteroatoms. The lowest BCUT2D eigenvalue weighted by Crippen LogP contribution is -2.53. The maximum atomic E-state index is 11.8. The average Bonchev–Trinajstić information content (AvgIpc) is 2.66. The number of rotatable bonds is 2. The van der Waals surface area contributed by atoms with Gasteiger partial charge in [0.2, 0.25) is 0 Å². The van der Waals surface area contributed by atoms with Crippen LogP contribution in [-0.4, -0.2) is 22.8 Å². The van der Waals surface area contributed by atoms with Crippen molar-refractivity contribution in [3.63, 3.8) is 0 Å². The van der Waals surface area contributed by atoms with Gasteiger partial charge in [-0.3, -0.25) is 9.69 Å². The monoisotopic (exact) mass is 277 g/mol. The molecule has 0 aliphatic carbocycles. The molecule has 0 aromatic carbocycles. The van der Waals surface area contributed by atoms with Crippen molar-refractivity contribution in [1.29, 1.82) is 0 Å². The van der Waals surface area contributed by atoms with E-state index in [1.54, 1.807) is 0 Å². The molecule has 3 rings (SSSR count). The van der Waals surface area contributed by atoms with Crippen molar-refractivity contribution in [3.05, 3.63) is 21.4 Å². The number of thiophene rings is 1. The summed E-state index contributed by atoms with van der Waals surface area (Å²) in [5.41, 5.74) is 1.48. The molecule has 2 bridgehead atoms. The number of nitrogens with zero attached hydrogens (tertiary/aromatic N) is 1. The molecule has 1 aromatic heterocycles. The second kappa shape index (κ2) is 5.02. The Morgan fingerprint density at radius 2 is 1.89 bits per heavy atom. The highest BCUT2D eigenvalue weighted by Gasteiger charge is 2.40. The Balaban J connectivity index is 1.88. The van der Waals surface area contributed by atoms with E-state index >= 15 is 0 Å². The van der Waals surface area contributed by atoms with Crippen LogP contribution in [-0.2, 0) is 4.79 Å². The van der Waals surface area contributed by atoms with Gasteiger partial charge >= 0.3 is 0 Å². The molecule has 2 aliphatic rings. The van der Waals surface area contributed by atoms with Crippen molar-refractivity contribution < 1.29 is 4.79 Å². The van der Waals surface area contributed by atoms with Crippen molar-refractivity contribution in [3.8, 4) is 0 Å². The third kappa shape index (κ3) is 2.38. The van der Waals surface area contributed by atoms with Crippen molar-refractivity contribution >= 4 is 17.1 Å². The zero-order chi connectivity index (χ0) is 13.6. The van der Waals surface area contributed by atoms with Gasteiger partial charge in [0, 0.05) is 40.7 Å². The number of Topliss-reactive ketones (excluding diaryl/α,β-unsaturated/α-hetero) is 1. The number of carbonyl (C=O) groups excluding carboxylic acids is 1. The molecule has 0 saturated carbocycles. The highest BCUT2D eigenvalue weighted by Crippen LogP contribution is 2.40. The van der Waals surface area contributed by atoms with Gasteiger partial charge < -0.3 is 0 Å². The third-order valence-corrected chi connectivity index (χ3v) is 5.80. The van der Waals surface area contributed by atoms with Gasteiger partial charge in [0.15, 0.2) is 0 Å². The summed E-state index contributed by atoms with van der Waals surface area (Å²) in [6.07, 6.45) is 5.27. The Bertz CT molecular complexity index is 477. The van der Waals surface area contributed by atoms with Gasteiger partial charge in [-0.25, -0.2) is 0 Å². The summed E-state index contributed by atoms with van der Waals surface area (Å²) in [6.45, 7) is 6.75. The largest absolute Gasteiger partial charge is 0.300 e. The molecule has 19 heavy (non-hydrogen) atoms. The van der Waals surface area contributed by atoms with Crippen molar-refractivity contribution in [2.75, 3.05) is 0 Å². The van der Waals surface area contributed by atoms with E-state index in [2.05, 4.69) is 31.7 Å². The van der Waals surface area contributed by atoms with Crippen molar-refractivity contribution in [2.45, 2.75) is 71.0 Å². The molecule has 0 spiro atoms. The zero-order valence-corrected chi connectivity index (χ0v) is 12.9. The van der Waals surface area contributed by atoms with Crippen LogP contribution in [0.4, 0.5) is 0 Å². The third-order valence-electron chi connectivity index (χ3n) is 4.82.